The molecule has 0 bridgehead atoms. The van der Waals surface area contributed by atoms with Crippen LogP contribution in [0.1, 0.15) is 92.4 Å². The summed E-state index contributed by atoms with van der Waals surface area (Å²) in [5.41, 5.74) is 16.2. The largest absolute Gasteiger partial charge is 0.325 e. The highest BCUT2D eigenvalue weighted by Crippen LogP contribution is 2.69. The molecular formula is C29H46N2O. The molecule has 0 aromatic heterocycles. The number of hydrogen-bond donors (Lipinski definition) is 2. The quantitative estimate of drug-likeness (QED) is 0.412. The lowest BCUT2D eigenvalue weighted by Gasteiger charge is -2.68. The van der Waals surface area contributed by atoms with Crippen molar-refractivity contribution in [3.05, 3.63) is 36.0 Å². The van der Waals surface area contributed by atoms with Gasteiger partial charge in [-0.15, -0.1) is 0 Å². The van der Waals surface area contributed by atoms with Gasteiger partial charge in [-0.25, -0.2) is 0 Å². The molecule has 8 atom stereocenters. The molecule has 178 valence electrons. The molecule has 0 spiro atoms. The first-order chi connectivity index (χ1) is 14.9. The fraction of sp³-hybridized carbons (Fsp3) is 0.759. The fourth-order valence-electron chi connectivity index (χ4n) is 9.11. The number of ketones is 1. The van der Waals surface area contributed by atoms with Gasteiger partial charge in [0.15, 0.2) is 5.78 Å². The number of Topliss-reactive ketones (excluding diaryl/α,β-unsaturated/α-hetero) is 1. The molecule has 4 fully saturated rings. The smallest absolute Gasteiger partial charge is 0.165 e. The van der Waals surface area contributed by atoms with E-state index in [0.29, 0.717) is 23.3 Å². The Labute approximate surface area is 196 Å². The molecule has 3 nitrogen and oxygen atoms in total. The summed E-state index contributed by atoms with van der Waals surface area (Å²) in [6.45, 7) is 15.4. The van der Waals surface area contributed by atoms with Gasteiger partial charge >= 0.3 is 0 Å². The minimum Gasteiger partial charge on any atom is -0.325 e. The van der Waals surface area contributed by atoms with Gasteiger partial charge in [0, 0.05) is 22.6 Å². The van der Waals surface area contributed by atoms with Crippen LogP contribution in [0.15, 0.2) is 36.0 Å². The molecule has 0 radical (unpaired) electrons. The van der Waals surface area contributed by atoms with E-state index in [0.717, 1.165) is 50.5 Å². The standard InChI is InChI=1S/C29H46N2O/c1-7-8-19(2)17-21(4)25(32)22-9-10-23-26(22,5)13-12-24-27(6)14-11-20(3)18-28(27,30)15-16-29(23,24)31/h7-8,17,20,22-24H,4,9-16,18,30-31H2,1-3,5-6H3/b8-7-,19-17-/t20-,22+,23?,24?,26+,27+,28-,29+/m0/s1. The number of fused-ring (bicyclic) bond motifs is 5. The number of hydrogen-bond acceptors (Lipinski definition) is 3. The Morgan fingerprint density at radius 1 is 1.00 bits per heavy atom. The first-order valence-corrected chi connectivity index (χ1v) is 13.0. The molecule has 0 aromatic carbocycles. The topological polar surface area (TPSA) is 69.1 Å². The highest BCUT2D eigenvalue weighted by atomic mass is 16.1. The van der Waals surface area contributed by atoms with Crippen molar-refractivity contribution in [2.75, 3.05) is 0 Å². The first kappa shape index (κ1) is 24.0. The summed E-state index contributed by atoms with van der Waals surface area (Å²) in [4.78, 5) is 13.6. The van der Waals surface area contributed by atoms with Crippen molar-refractivity contribution in [2.45, 2.75) is 103 Å². The van der Waals surface area contributed by atoms with Crippen LogP contribution in [-0.2, 0) is 4.79 Å². The minimum atomic E-state index is -0.196. The van der Waals surface area contributed by atoms with Crippen molar-refractivity contribution < 1.29 is 4.79 Å². The minimum absolute atomic E-state index is 0.0273. The van der Waals surface area contributed by atoms with Crippen molar-refractivity contribution in [3.8, 4) is 0 Å². The van der Waals surface area contributed by atoms with Gasteiger partial charge in [-0.05, 0) is 99.9 Å². The third-order valence-electron chi connectivity index (χ3n) is 10.8. The van der Waals surface area contributed by atoms with Crippen LogP contribution in [0.4, 0.5) is 0 Å². The molecule has 4 aliphatic carbocycles. The lowest BCUT2D eigenvalue weighted by Crippen LogP contribution is -2.74. The van der Waals surface area contributed by atoms with Gasteiger partial charge in [-0.2, -0.15) is 0 Å². The van der Waals surface area contributed by atoms with Crippen LogP contribution in [-0.4, -0.2) is 16.9 Å². The van der Waals surface area contributed by atoms with E-state index in [1.165, 1.54) is 12.8 Å². The van der Waals surface area contributed by atoms with Gasteiger partial charge in [-0.3, -0.25) is 4.79 Å². The van der Waals surface area contributed by atoms with Crippen LogP contribution < -0.4 is 11.5 Å². The highest BCUT2D eigenvalue weighted by molar-refractivity contribution is 6.00. The summed E-state index contributed by atoms with van der Waals surface area (Å²) in [6.07, 6.45) is 15.8. The average Bonchev–Trinajstić information content (AvgIpc) is 3.07. The molecule has 4 aliphatic rings. The molecule has 0 amide bonds. The van der Waals surface area contributed by atoms with E-state index in [1.807, 2.05) is 32.1 Å². The van der Waals surface area contributed by atoms with Crippen LogP contribution in [0.3, 0.4) is 0 Å². The Morgan fingerprint density at radius 3 is 2.41 bits per heavy atom. The molecule has 3 heteroatoms. The van der Waals surface area contributed by atoms with Crippen molar-refractivity contribution in [2.24, 2.45) is 46.0 Å². The predicted molar refractivity (Wildman–Crippen MR) is 134 cm³/mol. The zero-order chi connectivity index (χ0) is 23.5. The molecule has 32 heavy (non-hydrogen) atoms. The summed E-state index contributed by atoms with van der Waals surface area (Å²) in [6, 6.07) is 0. The summed E-state index contributed by atoms with van der Waals surface area (Å²) in [5.74, 6) is 1.86. The average molecular weight is 439 g/mol. The number of carbonyl (C=O) groups excluding carboxylic acids is 1. The lowest BCUT2D eigenvalue weighted by molar-refractivity contribution is -0.147. The maximum Gasteiger partial charge on any atom is 0.165 e. The first-order valence-electron chi connectivity index (χ1n) is 13.0. The van der Waals surface area contributed by atoms with Crippen LogP contribution in [0.5, 0.6) is 0 Å². The number of carbonyl (C=O) groups is 1. The molecule has 4 rings (SSSR count). The summed E-state index contributed by atoms with van der Waals surface area (Å²) in [7, 11) is 0. The fourth-order valence-corrected chi connectivity index (χ4v) is 9.11. The van der Waals surface area contributed by atoms with Crippen molar-refractivity contribution in [1.82, 2.24) is 0 Å². The van der Waals surface area contributed by atoms with Gasteiger partial charge in [0.1, 0.15) is 0 Å². The molecule has 0 aliphatic heterocycles. The molecule has 2 unspecified atom stereocenters. The number of rotatable bonds is 4. The normalized spacial score (nSPS) is 48.8. The van der Waals surface area contributed by atoms with Gasteiger partial charge < -0.3 is 11.5 Å². The van der Waals surface area contributed by atoms with Gasteiger partial charge in [0.2, 0.25) is 0 Å². The summed E-state index contributed by atoms with van der Waals surface area (Å²) in [5, 5.41) is 0. The Morgan fingerprint density at radius 2 is 1.72 bits per heavy atom. The summed E-state index contributed by atoms with van der Waals surface area (Å²) < 4.78 is 0. The van der Waals surface area contributed by atoms with Crippen LogP contribution >= 0.6 is 0 Å². The Balaban J connectivity index is 1.62. The van der Waals surface area contributed by atoms with Crippen LogP contribution in [0.25, 0.3) is 0 Å². The zero-order valence-electron chi connectivity index (χ0n) is 21.2. The second-order valence-electron chi connectivity index (χ2n) is 12.6. The van der Waals surface area contributed by atoms with Crippen molar-refractivity contribution in [1.29, 1.82) is 0 Å². The van der Waals surface area contributed by atoms with Crippen LogP contribution in [0, 0.1) is 34.5 Å². The van der Waals surface area contributed by atoms with Crippen molar-refractivity contribution in [3.63, 3.8) is 0 Å². The molecule has 0 saturated heterocycles. The van der Waals surface area contributed by atoms with E-state index in [2.05, 4.69) is 27.4 Å². The molecule has 4 N–H and O–H groups in total. The maximum absolute atomic E-state index is 13.6. The predicted octanol–water partition coefficient (Wildman–Crippen LogP) is 6.09. The monoisotopic (exact) mass is 438 g/mol. The van der Waals surface area contributed by atoms with E-state index in [4.69, 9.17) is 11.5 Å². The third kappa shape index (κ3) is 3.33. The summed E-state index contributed by atoms with van der Waals surface area (Å²) >= 11 is 0. The Hall–Kier alpha value is -1.19. The SMILES string of the molecule is C=C(/C=C(C)\C=C/C)C(=O)[C@H]1CCC2[C@]3(N)CC[C@]4(N)C[C@@H](C)CC[C@]4(C)C3CC[C@@]21C. The Bertz CT molecular complexity index is 857. The van der Waals surface area contributed by atoms with E-state index in [-0.39, 0.29) is 33.6 Å². The zero-order valence-corrected chi connectivity index (χ0v) is 21.2. The van der Waals surface area contributed by atoms with Gasteiger partial charge in [0.05, 0.1) is 0 Å². The van der Waals surface area contributed by atoms with E-state index >= 15 is 0 Å². The lowest BCUT2D eigenvalue weighted by atomic mass is 9.39. The number of allylic oxidation sites excluding steroid dienone is 5. The van der Waals surface area contributed by atoms with E-state index in [1.54, 1.807) is 0 Å². The maximum atomic E-state index is 13.6. The second kappa shape index (κ2) is 7.94. The second-order valence-corrected chi connectivity index (χ2v) is 12.6. The molecule has 4 saturated carbocycles. The van der Waals surface area contributed by atoms with E-state index < -0.39 is 0 Å². The highest BCUT2D eigenvalue weighted by Gasteiger charge is 2.68. The molecule has 0 heterocycles. The molecule has 0 aromatic rings. The van der Waals surface area contributed by atoms with E-state index in [9.17, 15) is 4.79 Å². The van der Waals surface area contributed by atoms with Gasteiger partial charge in [-0.1, -0.05) is 51.5 Å². The number of nitrogens with two attached hydrogens (primary N) is 2. The third-order valence-corrected chi connectivity index (χ3v) is 10.8. The Kier molecular flexibility index (Phi) is 5.95. The van der Waals surface area contributed by atoms with Crippen molar-refractivity contribution >= 4 is 5.78 Å². The molecular weight excluding hydrogens is 392 g/mol. The van der Waals surface area contributed by atoms with Gasteiger partial charge in [0.25, 0.3) is 0 Å². The van der Waals surface area contributed by atoms with Crippen LogP contribution in [0.2, 0.25) is 0 Å².